The maximum absolute atomic E-state index is 5.48. The van der Waals surface area contributed by atoms with Gasteiger partial charge in [-0.15, -0.1) is 0 Å². The van der Waals surface area contributed by atoms with E-state index >= 15 is 0 Å². The average molecular weight is 522 g/mol. The number of ether oxygens (including phenoxy) is 8. The van der Waals surface area contributed by atoms with Crippen LogP contribution < -0.4 is 5.84 Å². The van der Waals surface area contributed by atoms with E-state index in [0.717, 1.165) is 13.0 Å². The predicted octanol–water partition coefficient (Wildman–Crippen LogP) is 1.96. The van der Waals surface area contributed by atoms with Crippen molar-refractivity contribution in [1.82, 2.24) is 0 Å². The van der Waals surface area contributed by atoms with Crippen LogP contribution in [0.2, 0.25) is 0 Å². The third-order valence-electron chi connectivity index (χ3n) is 4.38. The van der Waals surface area contributed by atoms with E-state index in [4.69, 9.17) is 43.7 Å². The minimum Gasteiger partial charge on any atom is -0.379 e. The molecule has 0 atom stereocenters. The Kier molecular flexibility index (Phi) is 27.5. The van der Waals surface area contributed by atoms with Crippen LogP contribution in [-0.2, 0) is 37.9 Å². The van der Waals surface area contributed by atoms with Crippen LogP contribution in [0.15, 0.2) is 10.1 Å². The minimum atomic E-state index is 0.195. The van der Waals surface area contributed by atoms with Crippen molar-refractivity contribution in [2.75, 3.05) is 106 Å². The van der Waals surface area contributed by atoms with Gasteiger partial charge in [-0.1, -0.05) is 13.8 Å². The topological polar surface area (TPSA) is 125 Å². The summed E-state index contributed by atoms with van der Waals surface area (Å²) in [7, 11) is 0. The number of hydrogen-bond donors (Lipinski definition) is 1. The number of rotatable bonds is 28. The molecule has 0 saturated carbocycles. The monoisotopic (exact) mass is 521 g/mol. The van der Waals surface area contributed by atoms with Crippen LogP contribution >= 0.6 is 0 Å². The highest BCUT2D eigenvalue weighted by atomic mass is 16.6. The van der Waals surface area contributed by atoms with Crippen LogP contribution in [-0.4, -0.2) is 124 Å². The van der Waals surface area contributed by atoms with Crippen LogP contribution in [0.3, 0.4) is 0 Å². The quantitative estimate of drug-likeness (QED) is 0.0712. The molecule has 0 unspecified atom stereocenters. The highest BCUT2D eigenvalue weighted by Crippen LogP contribution is 1.98. The molecule has 0 aromatic rings. The summed E-state index contributed by atoms with van der Waals surface area (Å²) in [6.45, 7) is 16.8. The summed E-state index contributed by atoms with van der Waals surface area (Å²) in [4.78, 5) is 4.22. The lowest BCUT2D eigenvalue weighted by Gasteiger charge is -2.09. The first-order valence-corrected chi connectivity index (χ1v) is 13.0. The average Bonchev–Trinajstić information content (AvgIpc) is 2.85. The van der Waals surface area contributed by atoms with Crippen molar-refractivity contribution in [1.29, 1.82) is 0 Å². The third-order valence-corrected chi connectivity index (χ3v) is 4.38. The molecule has 0 bridgehead atoms. The van der Waals surface area contributed by atoms with Crippen LogP contribution in [0.25, 0.3) is 0 Å². The van der Waals surface area contributed by atoms with Crippen molar-refractivity contribution in [3.05, 3.63) is 0 Å². The summed E-state index contributed by atoms with van der Waals surface area (Å²) in [5.41, 5.74) is 0.598. The Bertz CT molecular complexity index is 508. The minimum absolute atomic E-state index is 0.195. The fourth-order valence-corrected chi connectivity index (χ4v) is 2.38. The Morgan fingerprint density at radius 2 is 0.889 bits per heavy atom. The van der Waals surface area contributed by atoms with Crippen molar-refractivity contribution in [3.63, 3.8) is 0 Å². The van der Waals surface area contributed by atoms with Crippen molar-refractivity contribution in [2.45, 2.75) is 40.2 Å². The molecule has 0 fully saturated rings. The second kappa shape index (κ2) is 28.4. The van der Waals surface area contributed by atoms with Gasteiger partial charge in [0.05, 0.1) is 99.1 Å². The Hall–Kier alpha value is -1.18. The second-order valence-electron chi connectivity index (χ2n) is 8.51. The molecule has 0 saturated heterocycles. The van der Waals surface area contributed by atoms with Crippen LogP contribution in [0.4, 0.5) is 0 Å². The summed E-state index contributed by atoms with van der Waals surface area (Å²) in [5, 5.41) is 3.64. The molecule has 2 N–H and O–H groups in total. The molecular formula is C25H51N3O8. The standard InChI is InChI=1S/C25H51N3O8/c1-23(2)5-6-29-7-8-30-9-10-31-11-12-32-13-14-33-15-16-34-17-18-35-19-20-36-22-25(28-26)21-27-24(3)4/h21,23-24H,5-20,22,26H2,1-4H3/b27-21?,28-25+. The van der Waals surface area contributed by atoms with E-state index in [1.165, 1.54) is 0 Å². The number of nitrogens with zero attached hydrogens (tertiary/aromatic N) is 2. The lowest BCUT2D eigenvalue weighted by Crippen LogP contribution is -2.17. The van der Waals surface area contributed by atoms with Gasteiger partial charge in [-0.25, -0.2) is 0 Å². The van der Waals surface area contributed by atoms with E-state index in [1.54, 1.807) is 6.21 Å². The van der Waals surface area contributed by atoms with Gasteiger partial charge in [0.25, 0.3) is 0 Å². The fourth-order valence-electron chi connectivity index (χ4n) is 2.38. The van der Waals surface area contributed by atoms with Gasteiger partial charge in [0, 0.05) is 18.9 Å². The zero-order valence-electron chi connectivity index (χ0n) is 23.0. The molecule has 0 amide bonds. The first-order chi connectivity index (χ1) is 17.6. The molecule has 0 rings (SSSR count). The van der Waals surface area contributed by atoms with E-state index in [1.807, 2.05) is 13.8 Å². The SMILES string of the molecule is CC(C)CCOCCOCCOCCOCCOCCOCCOCCOC/C(C=NC(C)C)=N/N. The maximum Gasteiger partial charge on any atom is 0.103 e. The molecule has 0 radical (unpaired) electrons. The molecule has 0 aromatic carbocycles. The molecule has 0 spiro atoms. The van der Waals surface area contributed by atoms with Gasteiger partial charge in [-0.3, -0.25) is 4.99 Å². The summed E-state index contributed by atoms with van der Waals surface area (Å²) in [6, 6.07) is 0.195. The lowest BCUT2D eigenvalue weighted by atomic mass is 10.1. The molecule has 0 aromatic heterocycles. The smallest absolute Gasteiger partial charge is 0.103 e. The number of aliphatic imine (C=N–C) groups is 1. The van der Waals surface area contributed by atoms with Gasteiger partial charge in [0.1, 0.15) is 5.71 Å². The van der Waals surface area contributed by atoms with Crippen molar-refractivity contribution in [2.24, 2.45) is 21.9 Å². The molecule has 11 nitrogen and oxygen atoms in total. The van der Waals surface area contributed by atoms with E-state index < -0.39 is 0 Å². The Morgan fingerprint density at radius 1 is 0.556 bits per heavy atom. The molecule has 11 heteroatoms. The van der Waals surface area contributed by atoms with Gasteiger partial charge in [0.15, 0.2) is 0 Å². The Labute approximate surface area is 218 Å². The Balaban J connectivity index is 3.17. The van der Waals surface area contributed by atoms with E-state index in [2.05, 4.69) is 23.9 Å². The van der Waals surface area contributed by atoms with E-state index in [0.29, 0.717) is 111 Å². The second-order valence-corrected chi connectivity index (χ2v) is 8.51. The summed E-state index contributed by atoms with van der Waals surface area (Å²) in [5.74, 6) is 5.97. The summed E-state index contributed by atoms with van der Waals surface area (Å²) in [6.07, 6.45) is 2.72. The first kappa shape index (κ1) is 34.8. The summed E-state index contributed by atoms with van der Waals surface area (Å²) < 4.78 is 43.6. The molecule has 0 aliphatic rings. The van der Waals surface area contributed by atoms with Gasteiger partial charge in [-0.05, 0) is 26.2 Å². The van der Waals surface area contributed by atoms with Crippen LogP contribution in [0, 0.1) is 5.92 Å². The highest BCUT2D eigenvalue weighted by molar-refractivity contribution is 6.31. The first-order valence-electron chi connectivity index (χ1n) is 13.0. The molecule has 0 aliphatic carbocycles. The van der Waals surface area contributed by atoms with Gasteiger partial charge >= 0.3 is 0 Å². The van der Waals surface area contributed by atoms with E-state index in [9.17, 15) is 0 Å². The summed E-state index contributed by atoms with van der Waals surface area (Å²) >= 11 is 0. The molecule has 214 valence electrons. The van der Waals surface area contributed by atoms with Crippen LogP contribution in [0.1, 0.15) is 34.1 Å². The zero-order chi connectivity index (χ0) is 26.5. The molecular weight excluding hydrogens is 470 g/mol. The van der Waals surface area contributed by atoms with Crippen molar-refractivity contribution < 1.29 is 37.9 Å². The number of hydrazone groups is 1. The van der Waals surface area contributed by atoms with Crippen molar-refractivity contribution in [3.8, 4) is 0 Å². The maximum atomic E-state index is 5.48. The molecule has 36 heavy (non-hydrogen) atoms. The fraction of sp³-hybridized carbons (Fsp3) is 0.920. The highest BCUT2D eigenvalue weighted by Gasteiger charge is 1.98. The predicted molar refractivity (Wildman–Crippen MR) is 141 cm³/mol. The van der Waals surface area contributed by atoms with Gasteiger partial charge < -0.3 is 43.7 Å². The van der Waals surface area contributed by atoms with Gasteiger partial charge in [0.2, 0.25) is 0 Å². The third kappa shape index (κ3) is 29.1. The molecule has 0 aliphatic heterocycles. The number of hydrogen-bond acceptors (Lipinski definition) is 11. The normalized spacial score (nSPS) is 12.6. The van der Waals surface area contributed by atoms with Crippen LogP contribution in [0.5, 0.6) is 0 Å². The number of nitrogens with two attached hydrogens (primary N) is 1. The van der Waals surface area contributed by atoms with E-state index in [-0.39, 0.29) is 6.04 Å². The molecule has 0 heterocycles. The lowest BCUT2D eigenvalue weighted by molar-refractivity contribution is -0.0226. The van der Waals surface area contributed by atoms with Crippen molar-refractivity contribution >= 4 is 11.9 Å². The zero-order valence-corrected chi connectivity index (χ0v) is 23.0. The largest absolute Gasteiger partial charge is 0.379 e. The Morgan fingerprint density at radius 3 is 1.19 bits per heavy atom. The van der Waals surface area contributed by atoms with Gasteiger partial charge in [-0.2, -0.15) is 5.10 Å².